The van der Waals surface area contributed by atoms with Gasteiger partial charge >= 0.3 is 0 Å². The van der Waals surface area contributed by atoms with E-state index in [1.807, 2.05) is 0 Å². The molecule has 3 aromatic rings. The molecule has 0 aliphatic carbocycles. The Morgan fingerprint density at radius 3 is 2.90 bits per heavy atom. The van der Waals surface area contributed by atoms with Gasteiger partial charge in [0.2, 0.25) is 5.91 Å². The van der Waals surface area contributed by atoms with Crippen LogP contribution in [-0.2, 0) is 17.5 Å². The van der Waals surface area contributed by atoms with E-state index in [0.717, 1.165) is 23.5 Å². The van der Waals surface area contributed by atoms with Gasteiger partial charge in [0.25, 0.3) is 0 Å². The van der Waals surface area contributed by atoms with E-state index in [4.69, 9.17) is 22.2 Å². The van der Waals surface area contributed by atoms with Crippen LogP contribution >= 0.6 is 11.3 Å². The number of hydrogen-bond donors (Lipinski definition) is 3. The molecular weight excluding hydrogens is 382 g/mol. The zero-order valence-corrected chi connectivity index (χ0v) is 16.3. The molecular formula is C23H27N3O2S. The highest BCUT2D eigenvalue weighted by Gasteiger charge is 2.08. The average molecular weight is 422 g/mol. The van der Waals surface area contributed by atoms with Gasteiger partial charge in [-0.3, -0.25) is 4.79 Å². The first-order valence-corrected chi connectivity index (χ1v) is 9.41. The second-order valence-corrected chi connectivity index (χ2v) is 6.74. The van der Waals surface area contributed by atoms with Crippen molar-refractivity contribution in [3.63, 3.8) is 0 Å². The summed E-state index contributed by atoms with van der Waals surface area (Å²) in [6.07, 6.45) is -14.7. The first-order chi connectivity index (χ1) is 18.6. The molecule has 1 heterocycles. The first-order valence-electron chi connectivity index (χ1n) is 14.5. The van der Waals surface area contributed by atoms with E-state index in [9.17, 15) is 9.90 Å². The average Bonchev–Trinajstić information content (AvgIpc) is 3.33. The number of hydrogen-bond acceptors (Lipinski definition) is 5. The maximum atomic E-state index is 12.5. The fraction of sp³-hybridized carbons (Fsp3) is 0.304. The number of aliphatic hydroxyl groups is 1. The maximum Gasteiger partial charge on any atom is 0.230 e. The summed E-state index contributed by atoms with van der Waals surface area (Å²) >= 11 is 0.962. The van der Waals surface area contributed by atoms with Gasteiger partial charge < -0.3 is 16.2 Å². The minimum Gasteiger partial charge on any atom is -0.388 e. The Morgan fingerprint density at radius 1 is 1.38 bits per heavy atom. The Balaban J connectivity index is 1.83. The zero-order valence-electron chi connectivity index (χ0n) is 27.5. The summed E-state index contributed by atoms with van der Waals surface area (Å²) in [4.78, 5) is 16.3. The van der Waals surface area contributed by atoms with Crippen LogP contribution in [0.15, 0.2) is 53.8 Å². The molecule has 0 aliphatic heterocycles. The van der Waals surface area contributed by atoms with Crippen molar-refractivity contribution in [1.29, 1.82) is 0 Å². The monoisotopic (exact) mass is 421 g/mol. The number of aliphatic hydroxyl groups excluding tert-OH is 1. The number of aryl methyl sites for hydroxylation is 1. The van der Waals surface area contributed by atoms with Gasteiger partial charge in [-0.1, -0.05) is 48.3 Å². The van der Waals surface area contributed by atoms with Crippen LogP contribution in [-0.4, -0.2) is 16.0 Å². The number of benzene rings is 2. The van der Waals surface area contributed by atoms with Gasteiger partial charge in [0.15, 0.2) is 5.13 Å². The van der Waals surface area contributed by atoms with E-state index < -0.39 is 73.7 Å². The lowest BCUT2D eigenvalue weighted by molar-refractivity contribution is -0.115. The van der Waals surface area contributed by atoms with E-state index in [0.29, 0.717) is 0 Å². The van der Waals surface area contributed by atoms with Crippen molar-refractivity contribution in [2.45, 2.75) is 44.9 Å². The molecule has 1 atom stereocenters. The van der Waals surface area contributed by atoms with Gasteiger partial charge in [0, 0.05) is 22.0 Å². The fourth-order valence-electron chi connectivity index (χ4n) is 2.25. The SMILES string of the molecule is [2H]c1c([2H])c(C)c([2H])c([C@@H](O)C([2H])([2H])CC([2H])([2H])C([2H])([2H])c2ccc(NC(=O)C([2H])([2H])c3csc(N)n3)cc2)c1[2H]. The van der Waals surface area contributed by atoms with Gasteiger partial charge in [-0.2, -0.15) is 0 Å². The van der Waals surface area contributed by atoms with Gasteiger partial charge in [0.05, 0.1) is 23.7 Å². The Morgan fingerprint density at radius 2 is 2.17 bits per heavy atom. The van der Waals surface area contributed by atoms with Crippen molar-refractivity contribution in [3.05, 3.63) is 76.2 Å². The third kappa shape index (κ3) is 6.69. The quantitative estimate of drug-likeness (QED) is 0.469. The molecule has 0 fully saturated rings. The van der Waals surface area contributed by atoms with Crippen LogP contribution in [0.25, 0.3) is 0 Å². The van der Waals surface area contributed by atoms with E-state index in [1.54, 1.807) is 0 Å². The van der Waals surface area contributed by atoms with Gasteiger partial charge in [-0.05, 0) is 49.3 Å². The summed E-state index contributed by atoms with van der Waals surface area (Å²) < 4.78 is 98.3. The number of thiazole rings is 1. The highest BCUT2D eigenvalue weighted by Crippen LogP contribution is 2.21. The molecule has 6 heteroatoms. The highest BCUT2D eigenvalue weighted by atomic mass is 32.1. The van der Waals surface area contributed by atoms with Crippen molar-refractivity contribution in [1.82, 2.24) is 4.98 Å². The largest absolute Gasteiger partial charge is 0.388 e. The molecule has 0 spiro atoms. The topological polar surface area (TPSA) is 88.2 Å². The summed E-state index contributed by atoms with van der Waals surface area (Å²) in [5.74, 6) is -1.07. The normalized spacial score (nSPS) is 19.9. The van der Waals surface area contributed by atoms with Crippen molar-refractivity contribution < 1.29 is 26.4 Å². The third-order valence-corrected chi connectivity index (χ3v) is 4.24. The van der Waals surface area contributed by atoms with Gasteiger partial charge in [0.1, 0.15) is 0 Å². The number of nitrogen functional groups attached to an aromatic ring is 1. The summed E-state index contributed by atoms with van der Waals surface area (Å²) in [5.41, 5.74) is 4.49. The van der Waals surface area contributed by atoms with E-state index >= 15 is 0 Å². The second-order valence-electron chi connectivity index (χ2n) is 5.85. The van der Waals surface area contributed by atoms with E-state index in [2.05, 4.69) is 10.3 Å². The molecule has 0 radical (unpaired) electrons. The van der Waals surface area contributed by atoms with Crippen molar-refractivity contribution in [2.75, 3.05) is 11.1 Å². The molecule has 1 aromatic heterocycles. The Kier molecular flexibility index (Phi) is 3.64. The summed E-state index contributed by atoms with van der Waals surface area (Å²) in [5, 5.41) is 14.5. The van der Waals surface area contributed by atoms with Crippen LogP contribution in [0, 0.1) is 6.92 Å². The smallest absolute Gasteiger partial charge is 0.230 e. The van der Waals surface area contributed by atoms with Gasteiger partial charge in [-0.15, -0.1) is 11.3 Å². The minimum atomic E-state index is -2.96. The summed E-state index contributed by atoms with van der Waals surface area (Å²) in [7, 11) is 0. The fourth-order valence-corrected chi connectivity index (χ4v) is 2.75. The van der Waals surface area contributed by atoms with Crippen LogP contribution in [0.4, 0.5) is 10.8 Å². The van der Waals surface area contributed by atoms with Crippen LogP contribution in [0.3, 0.4) is 0 Å². The third-order valence-electron chi connectivity index (χ3n) is 3.57. The van der Waals surface area contributed by atoms with Crippen molar-refractivity contribution in [2.24, 2.45) is 0 Å². The lowest BCUT2D eigenvalue weighted by Gasteiger charge is -2.11. The predicted octanol–water partition coefficient (Wildman–Crippen LogP) is 4.66. The van der Waals surface area contributed by atoms with Crippen LogP contribution in [0.1, 0.15) is 64.1 Å². The number of anilines is 2. The van der Waals surface area contributed by atoms with E-state index in [1.165, 1.54) is 24.4 Å². The lowest BCUT2D eigenvalue weighted by Crippen LogP contribution is -2.14. The second kappa shape index (κ2) is 10.2. The molecule has 0 aliphatic rings. The number of nitrogens with one attached hydrogen (secondary N) is 1. The number of amides is 1. The molecule has 0 unspecified atom stereocenters. The number of carbonyl (C=O) groups is 1. The molecule has 5 nitrogen and oxygen atoms in total. The molecule has 152 valence electrons. The number of nitrogens with zero attached hydrogens (tertiary/aromatic N) is 1. The van der Waals surface area contributed by atoms with Crippen molar-refractivity contribution in [3.8, 4) is 0 Å². The molecule has 0 saturated carbocycles. The van der Waals surface area contributed by atoms with Crippen LogP contribution in [0.5, 0.6) is 0 Å². The standard InChI is InChI=1S/C23H27N3O2S/c1-16-5-4-7-18(13-16)21(27)8-3-2-6-17-9-11-19(12-10-17)25-22(28)14-20-15-29-23(24)26-20/h4-5,7,9-13,15,21,27H,2-3,6,8,14H2,1H3,(H2,24,26)(H,25,28)/t21-/m0/s1/i2D2,4D,5D,6D2,7D,8D2,13D,14D2. The number of rotatable bonds is 9. The van der Waals surface area contributed by atoms with Crippen molar-refractivity contribution >= 4 is 28.1 Å². The summed E-state index contributed by atoms with van der Waals surface area (Å²) in [6, 6.07) is 2.39. The summed E-state index contributed by atoms with van der Waals surface area (Å²) in [6.45, 7) is 1.31. The van der Waals surface area contributed by atoms with Crippen LogP contribution in [0.2, 0.25) is 0 Å². The molecule has 3 rings (SSSR count). The predicted molar refractivity (Wildman–Crippen MR) is 119 cm³/mol. The Hall–Kier alpha value is -2.70. The molecule has 4 N–H and O–H groups in total. The molecule has 1 amide bonds. The molecule has 2 aromatic carbocycles. The Bertz CT molecular complexity index is 1430. The molecule has 29 heavy (non-hydrogen) atoms. The lowest BCUT2D eigenvalue weighted by atomic mass is 10.00. The molecule has 0 bridgehead atoms. The number of aromatic nitrogens is 1. The van der Waals surface area contributed by atoms with Gasteiger partial charge in [-0.25, -0.2) is 4.98 Å². The minimum absolute atomic E-state index is 0.0647. The Labute approximate surface area is 192 Å². The highest BCUT2D eigenvalue weighted by molar-refractivity contribution is 7.13. The number of carbonyl (C=O) groups excluding carboxylic acids is 1. The maximum absolute atomic E-state index is 12.5. The van der Waals surface area contributed by atoms with E-state index in [-0.39, 0.29) is 27.6 Å². The number of nitrogens with two attached hydrogens (primary N) is 1. The zero-order chi connectivity index (χ0) is 31.3. The first kappa shape index (κ1) is 10.4. The molecule has 0 saturated heterocycles. The van der Waals surface area contributed by atoms with Crippen LogP contribution < -0.4 is 11.1 Å².